The number of hydrogen-bond acceptors (Lipinski definition) is 2. The second kappa shape index (κ2) is 9.04. The number of halogens is 3. The Hall–Kier alpha value is -3.09. The highest BCUT2D eigenvalue weighted by Gasteiger charge is 2.25. The van der Waals surface area contributed by atoms with Crippen LogP contribution in [0.2, 0.25) is 0 Å². The van der Waals surface area contributed by atoms with Crippen LogP contribution in [-0.2, 0) is 13.0 Å². The molecule has 33 heavy (non-hydrogen) atoms. The van der Waals surface area contributed by atoms with Gasteiger partial charge in [-0.1, -0.05) is 30.3 Å². The summed E-state index contributed by atoms with van der Waals surface area (Å²) in [6.45, 7) is 0.590. The van der Waals surface area contributed by atoms with Crippen LogP contribution in [0.15, 0.2) is 60.7 Å². The third kappa shape index (κ3) is 4.41. The van der Waals surface area contributed by atoms with Gasteiger partial charge in [-0.15, -0.1) is 0 Å². The maximum atomic E-state index is 14.6. The Morgan fingerprint density at radius 3 is 2.58 bits per heavy atom. The normalized spacial score (nSPS) is 16.7. The Morgan fingerprint density at radius 2 is 1.79 bits per heavy atom. The molecule has 2 atom stereocenters. The van der Waals surface area contributed by atoms with E-state index in [0.717, 1.165) is 47.0 Å². The van der Waals surface area contributed by atoms with Gasteiger partial charge in [0.05, 0.1) is 11.6 Å². The third-order valence-corrected chi connectivity index (χ3v) is 6.54. The van der Waals surface area contributed by atoms with E-state index in [4.69, 9.17) is 0 Å². The summed E-state index contributed by atoms with van der Waals surface area (Å²) in [6, 6.07) is 15.6. The summed E-state index contributed by atoms with van der Waals surface area (Å²) in [6.07, 6.45) is 2.34. The summed E-state index contributed by atoms with van der Waals surface area (Å²) in [7, 11) is 0. The van der Waals surface area contributed by atoms with Gasteiger partial charge in [0, 0.05) is 30.1 Å². The Balaban J connectivity index is 1.32. The Morgan fingerprint density at radius 1 is 0.970 bits per heavy atom. The highest BCUT2D eigenvalue weighted by molar-refractivity contribution is 5.99. The van der Waals surface area contributed by atoms with Gasteiger partial charge in [-0.2, -0.15) is 0 Å². The lowest BCUT2D eigenvalue weighted by Gasteiger charge is -2.25. The number of hydrogen-bond donors (Lipinski definition) is 3. The molecule has 0 saturated heterocycles. The second-order valence-electron chi connectivity index (χ2n) is 8.72. The van der Waals surface area contributed by atoms with Crippen LogP contribution in [0.3, 0.4) is 0 Å². The van der Waals surface area contributed by atoms with Crippen LogP contribution < -0.4 is 5.32 Å². The number of nitrogens with one attached hydrogen (secondary N) is 2. The van der Waals surface area contributed by atoms with Crippen LogP contribution in [0.25, 0.3) is 22.0 Å². The number of H-pyrrole nitrogens is 1. The molecule has 1 aromatic heterocycles. The number of aliphatic hydroxyl groups excluding tert-OH is 1. The molecular formula is C27H25F3N2O. The van der Waals surface area contributed by atoms with Crippen LogP contribution >= 0.6 is 0 Å². The zero-order valence-corrected chi connectivity index (χ0v) is 18.0. The van der Waals surface area contributed by atoms with Crippen molar-refractivity contribution in [3.05, 3.63) is 94.9 Å². The van der Waals surface area contributed by atoms with Gasteiger partial charge in [-0.05, 0) is 71.8 Å². The van der Waals surface area contributed by atoms with Gasteiger partial charge in [-0.3, -0.25) is 0 Å². The van der Waals surface area contributed by atoms with Gasteiger partial charge >= 0.3 is 0 Å². The molecule has 2 heterocycles. The fourth-order valence-corrected chi connectivity index (χ4v) is 4.83. The Kier molecular flexibility index (Phi) is 5.96. The predicted octanol–water partition coefficient (Wildman–Crippen LogP) is 6.17. The van der Waals surface area contributed by atoms with Crippen molar-refractivity contribution in [2.45, 2.75) is 44.4 Å². The molecule has 0 fully saturated rings. The molecule has 4 aromatic rings. The number of aromatic nitrogens is 1. The lowest BCUT2D eigenvalue weighted by Crippen LogP contribution is -2.35. The van der Waals surface area contributed by atoms with E-state index in [2.05, 4.69) is 10.3 Å². The van der Waals surface area contributed by atoms with Gasteiger partial charge in [0.1, 0.15) is 17.5 Å². The number of aliphatic hydroxyl groups is 1. The van der Waals surface area contributed by atoms with Crippen LogP contribution in [0.1, 0.15) is 42.2 Å². The molecule has 0 aliphatic carbocycles. The topological polar surface area (TPSA) is 48.0 Å². The maximum Gasteiger partial charge on any atom is 0.147 e. The fraction of sp³-hybridized carbons (Fsp3) is 0.259. The summed E-state index contributed by atoms with van der Waals surface area (Å²) >= 11 is 0. The smallest absolute Gasteiger partial charge is 0.147 e. The molecular weight excluding hydrogens is 425 g/mol. The van der Waals surface area contributed by atoms with Crippen molar-refractivity contribution in [1.29, 1.82) is 0 Å². The van der Waals surface area contributed by atoms with Gasteiger partial charge in [0.25, 0.3) is 0 Å². The highest BCUT2D eigenvalue weighted by Crippen LogP contribution is 2.37. The van der Waals surface area contributed by atoms with Gasteiger partial charge in [0.2, 0.25) is 0 Å². The maximum absolute atomic E-state index is 14.6. The molecule has 1 aliphatic heterocycles. The van der Waals surface area contributed by atoms with Crippen molar-refractivity contribution >= 4 is 10.9 Å². The van der Waals surface area contributed by atoms with E-state index in [9.17, 15) is 18.3 Å². The van der Waals surface area contributed by atoms with E-state index in [1.807, 2.05) is 6.07 Å². The monoisotopic (exact) mass is 450 g/mol. The molecule has 6 heteroatoms. The van der Waals surface area contributed by atoms with E-state index in [0.29, 0.717) is 24.0 Å². The van der Waals surface area contributed by atoms with Crippen molar-refractivity contribution in [2.24, 2.45) is 0 Å². The summed E-state index contributed by atoms with van der Waals surface area (Å²) in [4.78, 5) is 3.28. The average molecular weight is 451 g/mol. The molecule has 3 N–H and O–H groups in total. The SMILES string of the molecule is OC(CCCC1Cc2[nH]c3c(F)ccc(-c4cccc(F)c4)c3c2CN1)c1ccc(F)cc1. The van der Waals surface area contributed by atoms with E-state index in [-0.39, 0.29) is 23.5 Å². The summed E-state index contributed by atoms with van der Waals surface area (Å²) in [5.41, 5.74) is 4.72. The average Bonchev–Trinajstić information content (AvgIpc) is 3.19. The minimum atomic E-state index is -0.624. The molecule has 0 radical (unpaired) electrons. The minimum Gasteiger partial charge on any atom is -0.388 e. The zero-order valence-electron chi connectivity index (χ0n) is 18.0. The number of rotatable bonds is 6. The van der Waals surface area contributed by atoms with Gasteiger partial charge < -0.3 is 15.4 Å². The molecule has 5 rings (SSSR count). The predicted molar refractivity (Wildman–Crippen MR) is 123 cm³/mol. The highest BCUT2D eigenvalue weighted by atomic mass is 19.1. The summed E-state index contributed by atoms with van der Waals surface area (Å²) < 4.78 is 41.5. The lowest BCUT2D eigenvalue weighted by atomic mass is 9.93. The molecule has 0 saturated carbocycles. The molecule has 170 valence electrons. The first-order valence-electron chi connectivity index (χ1n) is 11.2. The van der Waals surface area contributed by atoms with Gasteiger partial charge in [0.15, 0.2) is 0 Å². The largest absolute Gasteiger partial charge is 0.388 e. The van der Waals surface area contributed by atoms with E-state index in [1.165, 1.54) is 30.3 Å². The van der Waals surface area contributed by atoms with E-state index < -0.39 is 6.10 Å². The standard InChI is InChI=1S/C27H25F3N2O/c28-18-9-7-16(8-10-18)25(33)6-2-5-20-14-24-22(15-31-20)26-21(11-12-23(30)27(26)32-24)17-3-1-4-19(29)13-17/h1,3-4,7-13,20,25,31-33H,2,5-6,14-15H2. The van der Waals surface area contributed by atoms with Crippen LogP contribution in [-0.4, -0.2) is 16.1 Å². The third-order valence-electron chi connectivity index (χ3n) is 6.54. The molecule has 0 bridgehead atoms. The quantitative estimate of drug-likeness (QED) is 0.329. The molecule has 1 aliphatic rings. The minimum absolute atomic E-state index is 0.201. The van der Waals surface area contributed by atoms with Crippen molar-refractivity contribution in [1.82, 2.24) is 10.3 Å². The van der Waals surface area contributed by atoms with Gasteiger partial charge in [-0.25, -0.2) is 13.2 Å². The summed E-state index contributed by atoms with van der Waals surface area (Å²) in [5.74, 6) is -0.961. The van der Waals surface area contributed by atoms with Crippen LogP contribution in [0.4, 0.5) is 13.2 Å². The number of benzene rings is 3. The van der Waals surface area contributed by atoms with Crippen molar-refractivity contribution < 1.29 is 18.3 Å². The molecule has 0 amide bonds. The number of aromatic amines is 1. The molecule has 3 aromatic carbocycles. The van der Waals surface area contributed by atoms with E-state index >= 15 is 0 Å². The van der Waals surface area contributed by atoms with Crippen molar-refractivity contribution in [3.8, 4) is 11.1 Å². The van der Waals surface area contributed by atoms with Crippen molar-refractivity contribution in [3.63, 3.8) is 0 Å². The molecule has 0 spiro atoms. The van der Waals surface area contributed by atoms with Crippen LogP contribution in [0, 0.1) is 17.5 Å². The van der Waals surface area contributed by atoms with Crippen molar-refractivity contribution in [2.75, 3.05) is 0 Å². The second-order valence-corrected chi connectivity index (χ2v) is 8.72. The summed E-state index contributed by atoms with van der Waals surface area (Å²) in [5, 5.41) is 14.7. The Labute approximate surface area is 190 Å². The van der Waals surface area contributed by atoms with E-state index in [1.54, 1.807) is 24.3 Å². The fourth-order valence-electron chi connectivity index (χ4n) is 4.83. The zero-order chi connectivity index (χ0) is 22.9. The number of fused-ring (bicyclic) bond motifs is 3. The lowest BCUT2D eigenvalue weighted by molar-refractivity contribution is 0.161. The first-order chi connectivity index (χ1) is 16.0. The first kappa shape index (κ1) is 21.7. The molecule has 3 nitrogen and oxygen atoms in total. The first-order valence-corrected chi connectivity index (χ1v) is 11.2. The van der Waals surface area contributed by atoms with Crippen LogP contribution in [0.5, 0.6) is 0 Å². The Bertz CT molecular complexity index is 1280. The molecule has 2 unspecified atom stereocenters.